The Hall–Kier alpha value is -3.12. The minimum absolute atomic E-state index is 0.00813. The molecule has 6 nitrogen and oxygen atoms in total. The average molecular weight is 435 g/mol. The van der Waals surface area contributed by atoms with Crippen LogP contribution in [0.3, 0.4) is 0 Å². The van der Waals surface area contributed by atoms with Gasteiger partial charge in [0.25, 0.3) is 5.91 Å². The Labute approximate surface area is 191 Å². The van der Waals surface area contributed by atoms with Gasteiger partial charge in [0, 0.05) is 30.4 Å². The van der Waals surface area contributed by atoms with Gasteiger partial charge in [0.2, 0.25) is 0 Å². The summed E-state index contributed by atoms with van der Waals surface area (Å²) < 4.78 is 5.95. The molecule has 6 heteroatoms. The monoisotopic (exact) mass is 434 g/mol. The fraction of sp³-hybridized carbons (Fsp3) is 0.385. The number of hydrogen-bond donors (Lipinski definition) is 2. The van der Waals surface area contributed by atoms with E-state index in [2.05, 4.69) is 35.4 Å². The maximum absolute atomic E-state index is 13.2. The van der Waals surface area contributed by atoms with E-state index in [4.69, 9.17) is 4.42 Å². The molecule has 0 aromatic carbocycles. The van der Waals surface area contributed by atoms with Crippen molar-refractivity contribution in [2.24, 2.45) is 4.99 Å². The van der Waals surface area contributed by atoms with E-state index >= 15 is 0 Å². The lowest BCUT2D eigenvalue weighted by atomic mass is 9.89. The molecule has 3 rings (SSSR count). The zero-order valence-corrected chi connectivity index (χ0v) is 19.2. The second-order valence-electron chi connectivity index (χ2n) is 8.08. The van der Waals surface area contributed by atoms with Crippen molar-refractivity contribution in [3.63, 3.8) is 0 Å². The summed E-state index contributed by atoms with van der Waals surface area (Å²) in [6, 6.07) is 2.55. The average Bonchev–Trinajstić information content (AvgIpc) is 3.36. The molecule has 32 heavy (non-hydrogen) atoms. The van der Waals surface area contributed by atoms with Crippen molar-refractivity contribution in [1.29, 1.82) is 0 Å². The zero-order valence-electron chi connectivity index (χ0n) is 19.2. The van der Waals surface area contributed by atoms with Crippen LogP contribution in [0.5, 0.6) is 0 Å². The van der Waals surface area contributed by atoms with Gasteiger partial charge in [-0.3, -0.25) is 9.79 Å². The topological polar surface area (TPSA) is 69.9 Å². The lowest BCUT2D eigenvalue weighted by Gasteiger charge is -2.37. The molecule has 2 N–H and O–H groups in total. The molecule has 1 aliphatic heterocycles. The van der Waals surface area contributed by atoms with Crippen molar-refractivity contribution >= 4 is 23.8 Å². The Kier molecular flexibility index (Phi) is 8.06. The van der Waals surface area contributed by atoms with E-state index < -0.39 is 0 Å². The number of allylic oxidation sites excluding steroid dienone is 2. The molecule has 2 atom stereocenters. The molecule has 0 radical (unpaired) electrons. The first-order valence-corrected chi connectivity index (χ1v) is 11.3. The third-order valence-corrected chi connectivity index (χ3v) is 5.97. The van der Waals surface area contributed by atoms with E-state index in [0.29, 0.717) is 36.2 Å². The van der Waals surface area contributed by atoms with Gasteiger partial charge >= 0.3 is 0 Å². The fourth-order valence-electron chi connectivity index (χ4n) is 4.42. The van der Waals surface area contributed by atoms with Crippen LogP contribution in [0.25, 0.3) is 12.2 Å². The maximum Gasteiger partial charge on any atom is 0.270 e. The number of rotatable bonds is 9. The predicted octanol–water partition coefficient (Wildman–Crippen LogP) is 4.79. The number of likely N-dealkylation sites (N-methyl/N-ethyl adjacent to an activating group) is 1. The molecule has 1 aromatic rings. The Balaban J connectivity index is 1.63. The van der Waals surface area contributed by atoms with Crippen molar-refractivity contribution in [3.8, 4) is 0 Å². The lowest BCUT2D eigenvalue weighted by Crippen LogP contribution is -2.48. The first-order chi connectivity index (χ1) is 15.5. The number of carbonyl (C=O) groups is 1. The molecule has 2 aliphatic rings. The minimum Gasteiger partial charge on any atom is -0.460 e. The smallest absolute Gasteiger partial charge is 0.270 e. The highest BCUT2D eigenvalue weighted by atomic mass is 16.3. The number of carbonyl (C=O) groups excluding carboxylic acids is 1. The van der Waals surface area contributed by atoms with E-state index in [1.807, 2.05) is 43.0 Å². The standard InChI is InChI=1S/C26H34N4O2/c1-6-11-25-19(7-2)14-22(32-25)17-28-20-12-10-13-21(15-20)30(9-4)26(31)24-16-23(27-8-3)18(5)29-24/h6-8,11,14,16,20-21,28-29H,2-3,5,9-10,12-13,15,17H2,1,4H3/b11-6-,27-23?. The number of nitrogens with zero attached hydrogens (tertiary/aromatic N) is 2. The van der Waals surface area contributed by atoms with Gasteiger partial charge in [0.1, 0.15) is 17.2 Å². The van der Waals surface area contributed by atoms with E-state index in [1.54, 1.807) is 6.08 Å². The Morgan fingerprint density at radius 1 is 1.41 bits per heavy atom. The number of hydrogen-bond acceptors (Lipinski definition) is 5. The molecular weight excluding hydrogens is 400 g/mol. The van der Waals surface area contributed by atoms with Crippen molar-refractivity contribution < 1.29 is 9.21 Å². The van der Waals surface area contributed by atoms with Gasteiger partial charge in [0.15, 0.2) is 0 Å². The molecule has 2 heterocycles. The molecule has 0 bridgehead atoms. The highest BCUT2D eigenvalue weighted by molar-refractivity contribution is 6.16. The van der Waals surface area contributed by atoms with Gasteiger partial charge in [-0.2, -0.15) is 0 Å². The van der Waals surface area contributed by atoms with Crippen LogP contribution in [0, 0.1) is 0 Å². The summed E-state index contributed by atoms with van der Waals surface area (Å²) in [5.41, 5.74) is 2.80. The van der Waals surface area contributed by atoms with Crippen LogP contribution >= 0.6 is 0 Å². The SMILES string of the molecule is C=CN=C1C=C(C(=O)N(CC)C2CCCC(NCc3cc(C=C)c(/C=C\C)o3)C2)NC1=C. The van der Waals surface area contributed by atoms with Gasteiger partial charge in [-0.25, -0.2) is 0 Å². The number of nitrogens with one attached hydrogen (secondary N) is 2. The molecule has 1 saturated carbocycles. The van der Waals surface area contributed by atoms with Gasteiger partial charge < -0.3 is 20.0 Å². The lowest BCUT2D eigenvalue weighted by molar-refractivity contribution is -0.130. The van der Waals surface area contributed by atoms with Gasteiger partial charge in [0.05, 0.1) is 18.0 Å². The largest absolute Gasteiger partial charge is 0.460 e. The molecule has 1 aromatic heterocycles. The summed E-state index contributed by atoms with van der Waals surface area (Å²) in [7, 11) is 0. The van der Waals surface area contributed by atoms with Crippen LogP contribution in [0.1, 0.15) is 56.6 Å². The summed E-state index contributed by atoms with van der Waals surface area (Å²) in [6.45, 7) is 16.7. The van der Waals surface area contributed by atoms with Crippen molar-refractivity contribution in [2.45, 2.75) is 58.2 Å². The highest BCUT2D eigenvalue weighted by Gasteiger charge is 2.32. The third kappa shape index (κ3) is 5.37. The van der Waals surface area contributed by atoms with Crippen molar-refractivity contribution in [3.05, 3.63) is 72.6 Å². The van der Waals surface area contributed by atoms with Crippen LogP contribution < -0.4 is 10.6 Å². The predicted molar refractivity (Wildman–Crippen MR) is 132 cm³/mol. The molecular formula is C26H34N4O2. The van der Waals surface area contributed by atoms with Crippen molar-refractivity contribution in [1.82, 2.24) is 15.5 Å². The Morgan fingerprint density at radius 2 is 2.22 bits per heavy atom. The van der Waals surface area contributed by atoms with Gasteiger partial charge in [-0.1, -0.05) is 31.9 Å². The second-order valence-corrected chi connectivity index (χ2v) is 8.08. The normalized spacial score (nSPS) is 22.1. The molecule has 1 amide bonds. The molecule has 0 spiro atoms. The molecule has 170 valence electrons. The molecule has 2 unspecified atom stereocenters. The minimum atomic E-state index is -0.00813. The summed E-state index contributed by atoms with van der Waals surface area (Å²) in [5, 5.41) is 6.71. The zero-order chi connectivity index (χ0) is 23.1. The van der Waals surface area contributed by atoms with E-state index in [1.165, 1.54) is 6.20 Å². The van der Waals surface area contributed by atoms with Gasteiger partial charge in [-0.15, -0.1) is 0 Å². The van der Waals surface area contributed by atoms with Crippen LogP contribution in [0.2, 0.25) is 0 Å². The number of furan rings is 1. The second kappa shape index (κ2) is 11.0. The van der Waals surface area contributed by atoms with Crippen LogP contribution in [-0.2, 0) is 11.3 Å². The quantitative estimate of drug-likeness (QED) is 0.586. The molecule has 1 aliphatic carbocycles. The van der Waals surface area contributed by atoms with Crippen LogP contribution in [0.4, 0.5) is 0 Å². The Bertz CT molecular complexity index is 966. The summed E-state index contributed by atoms with van der Waals surface area (Å²) in [5.74, 6) is 1.72. The summed E-state index contributed by atoms with van der Waals surface area (Å²) in [4.78, 5) is 19.3. The van der Waals surface area contributed by atoms with Crippen LogP contribution in [0.15, 0.2) is 65.0 Å². The first-order valence-electron chi connectivity index (χ1n) is 11.3. The number of aliphatic imine (C=N–C) groups is 1. The van der Waals surface area contributed by atoms with E-state index in [0.717, 1.165) is 42.8 Å². The summed E-state index contributed by atoms with van der Waals surface area (Å²) >= 11 is 0. The first kappa shape index (κ1) is 23.5. The molecule has 1 fully saturated rings. The number of amides is 1. The summed E-state index contributed by atoms with van der Waals surface area (Å²) in [6.07, 6.45) is 13.0. The van der Waals surface area contributed by atoms with Gasteiger partial charge in [-0.05, 0) is 57.7 Å². The van der Waals surface area contributed by atoms with E-state index in [9.17, 15) is 4.79 Å². The van der Waals surface area contributed by atoms with Crippen LogP contribution in [-0.4, -0.2) is 35.1 Å². The molecule has 0 saturated heterocycles. The fourth-order valence-corrected chi connectivity index (χ4v) is 4.42. The maximum atomic E-state index is 13.2. The highest BCUT2D eigenvalue weighted by Crippen LogP contribution is 2.26. The Morgan fingerprint density at radius 3 is 2.91 bits per heavy atom. The van der Waals surface area contributed by atoms with Crippen molar-refractivity contribution in [2.75, 3.05) is 6.54 Å². The third-order valence-electron chi connectivity index (χ3n) is 5.97. The van der Waals surface area contributed by atoms with E-state index in [-0.39, 0.29) is 11.9 Å².